The van der Waals surface area contributed by atoms with Gasteiger partial charge in [0, 0.05) is 6.42 Å². The second-order valence-corrected chi connectivity index (χ2v) is 10.2. The first-order valence-corrected chi connectivity index (χ1v) is 10.2. The highest BCUT2D eigenvalue weighted by atomic mass is 16.6. The third kappa shape index (κ3) is 1.90. The third-order valence-electron chi connectivity index (χ3n) is 9.30. The number of ketones is 1. The predicted octanol–water partition coefficient (Wildman–Crippen LogP) is 4.92. The molecule has 1 heterocycles. The quantitative estimate of drug-likeness (QED) is 0.639. The van der Waals surface area contributed by atoms with Crippen molar-refractivity contribution < 1.29 is 9.53 Å². The number of hydrogen-bond acceptors (Lipinski definition) is 2. The number of allylic oxidation sites excluding steroid dienone is 1. The molecule has 1 aliphatic heterocycles. The summed E-state index contributed by atoms with van der Waals surface area (Å²) in [5.41, 5.74) is 2.50. The molecule has 0 spiro atoms. The van der Waals surface area contributed by atoms with Crippen LogP contribution in [0.3, 0.4) is 0 Å². The van der Waals surface area contributed by atoms with Crippen molar-refractivity contribution in [1.29, 1.82) is 0 Å². The fourth-order valence-corrected chi connectivity index (χ4v) is 7.88. The van der Waals surface area contributed by atoms with Gasteiger partial charge in [0.25, 0.3) is 0 Å². The van der Waals surface area contributed by atoms with Crippen LogP contribution < -0.4 is 0 Å². The summed E-state index contributed by atoms with van der Waals surface area (Å²) in [6.45, 7) is 8.42. The van der Waals surface area contributed by atoms with Gasteiger partial charge >= 0.3 is 0 Å². The summed E-state index contributed by atoms with van der Waals surface area (Å²) in [6.07, 6.45) is 11.9. The highest BCUT2D eigenvalue weighted by Gasteiger charge is 2.64. The molecular weight excluding hydrogens is 296 g/mol. The molecule has 24 heavy (non-hydrogen) atoms. The Kier molecular flexibility index (Phi) is 3.09. The molecule has 0 aromatic carbocycles. The number of fused-ring (bicyclic) bond motifs is 5. The van der Waals surface area contributed by atoms with E-state index in [1.165, 1.54) is 44.1 Å². The fourth-order valence-electron chi connectivity index (χ4n) is 7.88. The molecule has 3 saturated carbocycles. The first-order valence-electron chi connectivity index (χ1n) is 10.2. The smallest absolute Gasteiger partial charge is 0.155 e. The first-order chi connectivity index (χ1) is 11.4. The monoisotopic (exact) mass is 328 g/mol. The van der Waals surface area contributed by atoms with Crippen LogP contribution in [0.2, 0.25) is 0 Å². The van der Waals surface area contributed by atoms with Crippen molar-refractivity contribution in [2.24, 2.45) is 34.5 Å². The molecule has 2 nitrogen and oxygen atoms in total. The minimum Gasteiger partial charge on any atom is -0.370 e. The van der Waals surface area contributed by atoms with Crippen LogP contribution >= 0.6 is 0 Å². The normalized spacial score (nSPS) is 56.1. The van der Waals surface area contributed by atoms with Crippen LogP contribution in [0.4, 0.5) is 0 Å². The third-order valence-corrected chi connectivity index (χ3v) is 9.30. The average molecular weight is 328 g/mol. The standard InChI is InChI=1S/C22H32O2/c1-20-10-8-15(23)12-14(20)4-5-16-17-6-7-19(22(3)13-24-22)21(17,2)11-9-18(16)20/h12,16-19H,4-11,13H2,1-3H3. The Morgan fingerprint density at radius 1 is 1.00 bits per heavy atom. The van der Waals surface area contributed by atoms with E-state index in [0.29, 0.717) is 16.6 Å². The largest absolute Gasteiger partial charge is 0.370 e. The van der Waals surface area contributed by atoms with Gasteiger partial charge in [-0.3, -0.25) is 4.79 Å². The van der Waals surface area contributed by atoms with Gasteiger partial charge in [0.05, 0.1) is 12.2 Å². The van der Waals surface area contributed by atoms with E-state index in [2.05, 4.69) is 20.8 Å². The Labute approximate surface area is 146 Å². The van der Waals surface area contributed by atoms with E-state index < -0.39 is 0 Å². The highest BCUT2D eigenvalue weighted by Crippen LogP contribution is 2.69. The van der Waals surface area contributed by atoms with Gasteiger partial charge in [-0.15, -0.1) is 0 Å². The van der Waals surface area contributed by atoms with Crippen LogP contribution in [0, 0.1) is 34.5 Å². The molecule has 2 heteroatoms. The van der Waals surface area contributed by atoms with Crippen LogP contribution in [0.15, 0.2) is 11.6 Å². The molecule has 0 amide bonds. The van der Waals surface area contributed by atoms with Gasteiger partial charge in [0.2, 0.25) is 0 Å². The highest BCUT2D eigenvalue weighted by molar-refractivity contribution is 5.91. The minimum absolute atomic E-state index is 0.192. The summed E-state index contributed by atoms with van der Waals surface area (Å²) in [5, 5.41) is 0. The van der Waals surface area contributed by atoms with E-state index in [9.17, 15) is 4.79 Å². The van der Waals surface area contributed by atoms with Crippen molar-refractivity contribution in [2.75, 3.05) is 6.61 Å². The fraction of sp³-hybridized carbons (Fsp3) is 0.864. The van der Waals surface area contributed by atoms with Crippen molar-refractivity contribution in [1.82, 2.24) is 0 Å². The van der Waals surface area contributed by atoms with Gasteiger partial charge in [-0.1, -0.05) is 19.4 Å². The molecule has 5 rings (SSSR count). The lowest BCUT2D eigenvalue weighted by Crippen LogP contribution is -2.51. The van der Waals surface area contributed by atoms with Crippen molar-refractivity contribution in [3.8, 4) is 0 Å². The number of epoxide rings is 1. The van der Waals surface area contributed by atoms with Crippen molar-refractivity contribution >= 4 is 5.78 Å². The molecule has 4 aliphatic carbocycles. The second kappa shape index (κ2) is 4.75. The molecular formula is C22H32O2. The van der Waals surface area contributed by atoms with E-state index in [-0.39, 0.29) is 5.60 Å². The topological polar surface area (TPSA) is 29.6 Å². The van der Waals surface area contributed by atoms with Gasteiger partial charge in [-0.2, -0.15) is 0 Å². The Morgan fingerprint density at radius 3 is 2.54 bits per heavy atom. The Morgan fingerprint density at radius 2 is 1.79 bits per heavy atom. The lowest BCUT2D eigenvalue weighted by atomic mass is 9.46. The maximum Gasteiger partial charge on any atom is 0.155 e. The summed E-state index contributed by atoms with van der Waals surface area (Å²) < 4.78 is 5.90. The number of rotatable bonds is 1. The molecule has 5 aliphatic rings. The van der Waals surface area contributed by atoms with Crippen molar-refractivity contribution in [2.45, 2.75) is 77.7 Å². The zero-order chi connectivity index (χ0) is 16.7. The number of ether oxygens (including phenoxy) is 1. The van der Waals surface area contributed by atoms with E-state index >= 15 is 0 Å². The van der Waals surface area contributed by atoms with Gasteiger partial charge < -0.3 is 4.74 Å². The first kappa shape index (κ1) is 15.6. The van der Waals surface area contributed by atoms with E-state index in [0.717, 1.165) is 43.1 Å². The van der Waals surface area contributed by atoms with Crippen molar-refractivity contribution in [3.05, 3.63) is 11.6 Å². The zero-order valence-corrected chi connectivity index (χ0v) is 15.6. The maximum absolute atomic E-state index is 11.9. The summed E-state index contributed by atoms with van der Waals surface area (Å²) in [4.78, 5) is 11.9. The van der Waals surface area contributed by atoms with Crippen LogP contribution in [0.1, 0.15) is 72.1 Å². The lowest BCUT2D eigenvalue weighted by molar-refractivity contribution is -0.117. The molecule has 0 N–H and O–H groups in total. The molecule has 4 fully saturated rings. The average Bonchev–Trinajstić information content (AvgIpc) is 3.17. The number of hydrogen-bond donors (Lipinski definition) is 0. The lowest BCUT2D eigenvalue weighted by Gasteiger charge is -2.58. The summed E-state index contributed by atoms with van der Waals surface area (Å²) >= 11 is 0. The molecule has 1 saturated heterocycles. The van der Waals surface area contributed by atoms with Crippen LogP contribution in [-0.2, 0) is 9.53 Å². The number of carbonyl (C=O) groups is 1. The molecule has 7 atom stereocenters. The summed E-state index contributed by atoms with van der Waals surface area (Å²) in [7, 11) is 0. The number of carbonyl (C=O) groups excluding carboxylic acids is 1. The SMILES string of the molecule is CC1(C2CCC3C4CCC5=CC(=O)CCC5(C)C4CCC32C)CO1. The molecule has 132 valence electrons. The van der Waals surface area contributed by atoms with Crippen molar-refractivity contribution in [3.63, 3.8) is 0 Å². The van der Waals surface area contributed by atoms with E-state index in [1.54, 1.807) is 0 Å². The Hall–Kier alpha value is -0.630. The molecule has 0 aromatic rings. The zero-order valence-electron chi connectivity index (χ0n) is 15.6. The van der Waals surface area contributed by atoms with Gasteiger partial charge in [-0.05, 0) is 92.4 Å². The minimum atomic E-state index is 0.192. The van der Waals surface area contributed by atoms with Gasteiger partial charge in [0.15, 0.2) is 5.78 Å². The molecule has 0 bridgehead atoms. The van der Waals surface area contributed by atoms with Gasteiger partial charge in [0.1, 0.15) is 0 Å². The summed E-state index contributed by atoms with van der Waals surface area (Å²) in [5.74, 6) is 3.73. The van der Waals surface area contributed by atoms with Crippen LogP contribution in [0.5, 0.6) is 0 Å². The van der Waals surface area contributed by atoms with Crippen LogP contribution in [-0.4, -0.2) is 18.0 Å². The Bertz CT molecular complexity index is 615. The van der Waals surface area contributed by atoms with Crippen LogP contribution in [0.25, 0.3) is 0 Å². The summed E-state index contributed by atoms with van der Waals surface area (Å²) in [6, 6.07) is 0. The molecule has 0 aromatic heterocycles. The second-order valence-electron chi connectivity index (χ2n) is 10.2. The van der Waals surface area contributed by atoms with E-state index in [4.69, 9.17) is 4.74 Å². The predicted molar refractivity (Wildman–Crippen MR) is 94.6 cm³/mol. The Balaban J connectivity index is 1.47. The molecule has 7 unspecified atom stereocenters. The van der Waals surface area contributed by atoms with E-state index in [1.807, 2.05) is 6.08 Å². The maximum atomic E-state index is 11.9. The molecule has 0 radical (unpaired) electrons. The van der Waals surface area contributed by atoms with Gasteiger partial charge in [-0.25, -0.2) is 0 Å².